The molecule has 0 radical (unpaired) electrons. The van der Waals surface area contributed by atoms with Crippen molar-refractivity contribution >= 4 is 18.1 Å². The van der Waals surface area contributed by atoms with Gasteiger partial charge in [-0.05, 0) is 18.2 Å². The van der Waals surface area contributed by atoms with Crippen molar-refractivity contribution in [2.45, 2.75) is 0 Å². The van der Waals surface area contributed by atoms with Crippen molar-refractivity contribution in [3.63, 3.8) is 0 Å². The second-order valence-corrected chi connectivity index (χ2v) is 4.44. The Kier molecular flexibility index (Phi) is 3.65. The monoisotopic (exact) mass is 303 g/mol. The molecule has 8 heteroatoms. The van der Waals surface area contributed by atoms with Crippen LogP contribution in [0, 0.1) is 11.6 Å². The minimum absolute atomic E-state index is 0.0903. The molecule has 0 aliphatic carbocycles. The summed E-state index contributed by atoms with van der Waals surface area (Å²) in [7, 11) is 0. The molecule has 112 valence electrons. The number of halogens is 2. The van der Waals surface area contributed by atoms with Crippen LogP contribution in [0.4, 0.5) is 19.4 Å². The number of anilines is 1. The summed E-state index contributed by atoms with van der Waals surface area (Å²) in [6.45, 7) is 0.185. The minimum Gasteiger partial charge on any atom is -0.292 e. The fourth-order valence-corrected chi connectivity index (χ4v) is 1.94. The number of urea groups is 1. The SMILES string of the molecule is O=C(Nc1ccnn1-c1cc(F)ccc1F)N1C=CC=NC1. The van der Waals surface area contributed by atoms with E-state index in [9.17, 15) is 13.6 Å². The number of amides is 2. The largest absolute Gasteiger partial charge is 0.328 e. The number of carbonyl (C=O) groups is 1. The third-order valence-electron chi connectivity index (χ3n) is 2.97. The summed E-state index contributed by atoms with van der Waals surface area (Å²) in [5, 5.41) is 6.49. The van der Waals surface area contributed by atoms with Gasteiger partial charge >= 0.3 is 6.03 Å². The molecule has 1 aromatic carbocycles. The van der Waals surface area contributed by atoms with Crippen LogP contribution >= 0.6 is 0 Å². The zero-order valence-corrected chi connectivity index (χ0v) is 11.3. The number of rotatable bonds is 2. The van der Waals surface area contributed by atoms with E-state index >= 15 is 0 Å². The lowest BCUT2D eigenvalue weighted by Gasteiger charge is -2.18. The summed E-state index contributed by atoms with van der Waals surface area (Å²) in [5.74, 6) is -1.03. The molecule has 0 saturated heterocycles. The quantitative estimate of drug-likeness (QED) is 0.926. The second kappa shape index (κ2) is 5.76. The van der Waals surface area contributed by atoms with Gasteiger partial charge in [-0.25, -0.2) is 18.3 Å². The van der Waals surface area contributed by atoms with Crippen LogP contribution in [0.1, 0.15) is 0 Å². The van der Waals surface area contributed by atoms with Gasteiger partial charge < -0.3 is 0 Å². The highest BCUT2D eigenvalue weighted by Crippen LogP contribution is 2.19. The molecule has 1 aliphatic heterocycles. The molecule has 3 rings (SSSR count). The van der Waals surface area contributed by atoms with Crippen molar-refractivity contribution in [3.8, 4) is 5.69 Å². The maximum atomic E-state index is 13.8. The van der Waals surface area contributed by atoms with Crippen LogP contribution in [0.5, 0.6) is 0 Å². The molecule has 0 unspecified atom stereocenters. The fourth-order valence-electron chi connectivity index (χ4n) is 1.94. The maximum absolute atomic E-state index is 13.8. The molecule has 6 nitrogen and oxygen atoms in total. The van der Waals surface area contributed by atoms with Crippen LogP contribution in [-0.2, 0) is 0 Å². The number of aromatic nitrogens is 2. The van der Waals surface area contributed by atoms with E-state index in [2.05, 4.69) is 15.4 Å². The Hall–Kier alpha value is -3.03. The maximum Gasteiger partial charge on any atom is 0.328 e. The van der Waals surface area contributed by atoms with E-state index in [0.717, 1.165) is 22.9 Å². The Balaban J connectivity index is 1.86. The van der Waals surface area contributed by atoms with Crippen LogP contribution in [0.25, 0.3) is 5.69 Å². The van der Waals surface area contributed by atoms with Gasteiger partial charge in [0.15, 0.2) is 0 Å². The van der Waals surface area contributed by atoms with Crippen LogP contribution in [0.15, 0.2) is 47.7 Å². The number of allylic oxidation sites excluding steroid dienone is 1. The van der Waals surface area contributed by atoms with Crippen molar-refractivity contribution in [2.75, 3.05) is 12.0 Å². The highest BCUT2D eigenvalue weighted by molar-refractivity contribution is 5.90. The zero-order valence-electron chi connectivity index (χ0n) is 11.3. The van der Waals surface area contributed by atoms with E-state index in [0.29, 0.717) is 0 Å². The average Bonchev–Trinajstić information content (AvgIpc) is 2.98. The number of hydrogen-bond donors (Lipinski definition) is 1. The van der Waals surface area contributed by atoms with Gasteiger partial charge in [0.25, 0.3) is 0 Å². The number of hydrogen-bond acceptors (Lipinski definition) is 3. The molecule has 2 aromatic rings. The van der Waals surface area contributed by atoms with Gasteiger partial charge in [0.2, 0.25) is 0 Å². The lowest BCUT2D eigenvalue weighted by atomic mass is 10.3. The van der Waals surface area contributed by atoms with Gasteiger partial charge in [0, 0.05) is 24.5 Å². The van der Waals surface area contributed by atoms with E-state index in [-0.39, 0.29) is 18.2 Å². The van der Waals surface area contributed by atoms with Gasteiger partial charge in [0.05, 0.1) is 6.20 Å². The van der Waals surface area contributed by atoms with Crippen LogP contribution in [0.2, 0.25) is 0 Å². The molecule has 2 amide bonds. The molecule has 1 aromatic heterocycles. The lowest BCUT2D eigenvalue weighted by Crippen LogP contribution is -2.32. The third kappa shape index (κ3) is 2.71. The van der Waals surface area contributed by atoms with Crippen molar-refractivity contribution < 1.29 is 13.6 Å². The van der Waals surface area contributed by atoms with Crippen LogP contribution < -0.4 is 5.32 Å². The van der Waals surface area contributed by atoms with Gasteiger partial charge in [-0.15, -0.1) is 0 Å². The van der Waals surface area contributed by atoms with Gasteiger partial charge in [-0.2, -0.15) is 5.10 Å². The summed E-state index contributed by atoms with van der Waals surface area (Å²) in [6, 6.07) is 4.05. The van der Waals surface area contributed by atoms with E-state index in [1.165, 1.54) is 17.2 Å². The van der Waals surface area contributed by atoms with Crippen molar-refractivity contribution in [1.29, 1.82) is 0 Å². The fraction of sp³-hybridized carbons (Fsp3) is 0.0714. The first-order valence-corrected chi connectivity index (χ1v) is 6.39. The smallest absolute Gasteiger partial charge is 0.292 e. The van der Waals surface area contributed by atoms with Crippen molar-refractivity contribution in [1.82, 2.24) is 14.7 Å². The number of nitrogens with zero attached hydrogens (tertiary/aromatic N) is 4. The molecule has 0 saturated carbocycles. The first kappa shape index (κ1) is 13.9. The normalized spacial score (nSPS) is 13.5. The Labute approximate surface area is 124 Å². The molecule has 1 N–H and O–H groups in total. The topological polar surface area (TPSA) is 62.5 Å². The molecular weight excluding hydrogens is 292 g/mol. The molecule has 0 spiro atoms. The molecular formula is C14H11F2N5O. The zero-order chi connectivity index (χ0) is 15.5. The highest BCUT2D eigenvalue weighted by Gasteiger charge is 2.16. The first-order valence-electron chi connectivity index (χ1n) is 6.39. The molecule has 0 bridgehead atoms. The van der Waals surface area contributed by atoms with E-state index in [4.69, 9.17) is 0 Å². The average molecular weight is 303 g/mol. The summed E-state index contributed by atoms with van der Waals surface area (Å²) >= 11 is 0. The summed E-state index contributed by atoms with van der Waals surface area (Å²) < 4.78 is 28.2. The van der Waals surface area contributed by atoms with Crippen molar-refractivity contribution in [2.24, 2.45) is 4.99 Å². The number of benzene rings is 1. The van der Waals surface area contributed by atoms with E-state index < -0.39 is 17.7 Å². The first-order chi connectivity index (χ1) is 10.6. The lowest BCUT2D eigenvalue weighted by molar-refractivity contribution is 0.229. The number of carbonyl (C=O) groups excluding carboxylic acids is 1. The Bertz CT molecular complexity index is 768. The third-order valence-corrected chi connectivity index (χ3v) is 2.97. The molecule has 1 aliphatic rings. The van der Waals surface area contributed by atoms with Gasteiger partial charge in [-0.3, -0.25) is 15.2 Å². The van der Waals surface area contributed by atoms with Crippen molar-refractivity contribution in [3.05, 3.63) is 54.4 Å². The number of aliphatic imine (C=N–C) groups is 1. The molecule has 22 heavy (non-hydrogen) atoms. The van der Waals surface area contributed by atoms with Gasteiger partial charge in [0.1, 0.15) is 29.8 Å². The Morgan fingerprint density at radius 3 is 2.91 bits per heavy atom. The predicted molar refractivity (Wildman–Crippen MR) is 76.8 cm³/mol. The second-order valence-electron chi connectivity index (χ2n) is 4.44. The summed E-state index contributed by atoms with van der Waals surface area (Å²) in [5.41, 5.74) is -0.0903. The van der Waals surface area contributed by atoms with Crippen LogP contribution in [0.3, 0.4) is 0 Å². The summed E-state index contributed by atoms with van der Waals surface area (Å²) in [6.07, 6.45) is 6.14. The van der Waals surface area contributed by atoms with Gasteiger partial charge in [-0.1, -0.05) is 0 Å². The van der Waals surface area contributed by atoms with E-state index in [1.54, 1.807) is 18.5 Å². The van der Waals surface area contributed by atoms with Crippen LogP contribution in [-0.4, -0.2) is 33.6 Å². The molecule has 0 atom stereocenters. The predicted octanol–water partition coefficient (Wildman–Crippen LogP) is 2.54. The number of nitrogens with one attached hydrogen (secondary N) is 1. The molecule has 2 heterocycles. The summed E-state index contributed by atoms with van der Waals surface area (Å²) in [4.78, 5) is 17.4. The molecule has 0 fully saturated rings. The Morgan fingerprint density at radius 1 is 1.27 bits per heavy atom. The standard InChI is InChI=1S/C14H11F2N5O/c15-10-2-3-11(16)12(8-10)21-13(4-6-18-21)19-14(22)20-7-1-5-17-9-20/h1-8H,9H2,(H,19,22). The minimum atomic E-state index is -0.650. The highest BCUT2D eigenvalue weighted by atomic mass is 19.1. The Morgan fingerprint density at radius 2 is 2.14 bits per heavy atom. The van der Waals surface area contributed by atoms with E-state index in [1.807, 2.05) is 0 Å².